The first-order valence-corrected chi connectivity index (χ1v) is 8.65. The van der Waals surface area contributed by atoms with Crippen LogP contribution in [0.3, 0.4) is 0 Å². The summed E-state index contributed by atoms with van der Waals surface area (Å²) in [4.78, 5) is 9.04. The molecule has 3 rings (SSSR count). The number of methoxy groups -OCH3 is 1. The predicted molar refractivity (Wildman–Crippen MR) is 106 cm³/mol. The summed E-state index contributed by atoms with van der Waals surface area (Å²) in [6.45, 7) is 5.38. The minimum Gasteiger partial charge on any atom is -0.496 e. The molecule has 0 bridgehead atoms. The van der Waals surface area contributed by atoms with Gasteiger partial charge in [0.15, 0.2) is 0 Å². The summed E-state index contributed by atoms with van der Waals surface area (Å²) < 4.78 is 5.39. The van der Waals surface area contributed by atoms with Crippen molar-refractivity contribution in [2.75, 3.05) is 17.7 Å². The van der Waals surface area contributed by atoms with Crippen LogP contribution in [0, 0.1) is 13.8 Å². The highest BCUT2D eigenvalue weighted by Gasteiger charge is 2.05. The number of hydrogen-bond acceptors (Lipinski definition) is 5. The standard InChI is InChI=1S/C21H24N4O/c1-15-7-6-8-17(11-15)13-23-21-24-16(2)12-20(25-21)22-14-18-9-4-5-10-19(18)26-3/h4-12H,13-14H2,1-3H3,(H2,22,23,24,25). The summed E-state index contributed by atoms with van der Waals surface area (Å²) >= 11 is 0. The molecule has 0 aliphatic heterocycles. The third kappa shape index (κ3) is 4.72. The van der Waals surface area contributed by atoms with Crippen molar-refractivity contribution < 1.29 is 4.74 Å². The molecular weight excluding hydrogens is 324 g/mol. The van der Waals surface area contributed by atoms with Crippen molar-refractivity contribution in [2.45, 2.75) is 26.9 Å². The molecule has 1 aromatic heterocycles. The van der Waals surface area contributed by atoms with E-state index in [1.807, 2.05) is 37.3 Å². The molecule has 5 nitrogen and oxygen atoms in total. The maximum absolute atomic E-state index is 5.39. The fourth-order valence-electron chi connectivity index (χ4n) is 2.78. The quantitative estimate of drug-likeness (QED) is 0.666. The summed E-state index contributed by atoms with van der Waals surface area (Å²) in [7, 11) is 1.68. The highest BCUT2D eigenvalue weighted by atomic mass is 16.5. The Bertz CT molecular complexity index is 879. The second-order valence-electron chi connectivity index (χ2n) is 6.23. The van der Waals surface area contributed by atoms with Crippen LogP contribution in [0.2, 0.25) is 0 Å². The molecule has 0 spiro atoms. The number of para-hydroxylation sites is 1. The van der Waals surface area contributed by atoms with Crippen LogP contribution in [0.5, 0.6) is 5.75 Å². The van der Waals surface area contributed by atoms with E-state index in [0.29, 0.717) is 19.0 Å². The van der Waals surface area contributed by atoms with Crippen LogP contribution in [-0.4, -0.2) is 17.1 Å². The van der Waals surface area contributed by atoms with Gasteiger partial charge in [-0.2, -0.15) is 4.98 Å². The van der Waals surface area contributed by atoms with Crippen LogP contribution in [0.1, 0.15) is 22.4 Å². The Balaban J connectivity index is 1.67. The zero-order valence-electron chi connectivity index (χ0n) is 15.4. The number of anilines is 2. The number of nitrogens with zero attached hydrogens (tertiary/aromatic N) is 2. The third-order valence-corrected chi connectivity index (χ3v) is 4.04. The number of nitrogens with one attached hydrogen (secondary N) is 2. The number of ether oxygens (including phenoxy) is 1. The highest BCUT2D eigenvalue weighted by molar-refractivity contribution is 5.44. The van der Waals surface area contributed by atoms with Crippen LogP contribution in [-0.2, 0) is 13.1 Å². The van der Waals surface area contributed by atoms with E-state index in [1.54, 1.807) is 7.11 Å². The van der Waals surface area contributed by atoms with Gasteiger partial charge in [-0.1, -0.05) is 48.0 Å². The Morgan fingerprint density at radius 1 is 0.885 bits per heavy atom. The van der Waals surface area contributed by atoms with Gasteiger partial charge in [0.1, 0.15) is 11.6 Å². The Morgan fingerprint density at radius 2 is 1.73 bits per heavy atom. The van der Waals surface area contributed by atoms with Crippen molar-refractivity contribution in [1.29, 1.82) is 0 Å². The molecule has 2 N–H and O–H groups in total. The van der Waals surface area contributed by atoms with Gasteiger partial charge in [-0.15, -0.1) is 0 Å². The molecule has 0 atom stereocenters. The van der Waals surface area contributed by atoms with Crippen molar-refractivity contribution >= 4 is 11.8 Å². The topological polar surface area (TPSA) is 59.1 Å². The Labute approximate surface area is 154 Å². The summed E-state index contributed by atoms with van der Waals surface area (Å²) in [5, 5.41) is 6.66. The molecular formula is C21H24N4O. The molecule has 0 amide bonds. The van der Waals surface area contributed by atoms with E-state index >= 15 is 0 Å². The first-order chi connectivity index (χ1) is 12.6. The van der Waals surface area contributed by atoms with E-state index in [2.05, 4.69) is 51.8 Å². The van der Waals surface area contributed by atoms with E-state index < -0.39 is 0 Å². The highest BCUT2D eigenvalue weighted by Crippen LogP contribution is 2.19. The van der Waals surface area contributed by atoms with Gasteiger partial charge in [0.25, 0.3) is 0 Å². The van der Waals surface area contributed by atoms with Crippen LogP contribution in [0.15, 0.2) is 54.6 Å². The van der Waals surface area contributed by atoms with Crippen LogP contribution in [0.25, 0.3) is 0 Å². The second-order valence-corrected chi connectivity index (χ2v) is 6.23. The Hall–Kier alpha value is -3.08. The van der Waals surface area contributed by atoms with Crippen molar-refractivity contribution in [3.63, 3.8) is 0 Å². The molecule has 0 saturated heterocycles. The molecule has 2 aromatic carbocycles. The summed E-state index contributed by atoms with van der Waals surface area (Å²) in [5.41, 5.74) is 4.45. The van der Waals surface area contributed by atoms with E-state index in [0.717, 1.165) is 22.8 Å². The number of hydrogen-bond donors (Lipinski definition) is 2. The van der Waals surface area contributed by atoms with Crippen molar-refractivity contribution in [2.24, 2.45) is 0 Å². The zero-order valence-corrected chi connectivity index (χ0v) is 15.4. The molecule has 3 aromatic rings. The fraction of sp³-hybridized carbons (Fsp3) is 0.238. The Kier molecular flexibility index (Phi) is 5.69. The molecule has 0 fully saturated rings. The molecule has 0 saturated carbocycles. The van der Waals surface area contributed by atoms with Gasteiger partial charge in [-0.25, -0.2) is 4.98 Å². The zero-order chi connectivity index (χ0) is 18.4. The third-order valence-electron chi connectivity index (χ3n) is 4.04. The largest absolute Gasteiger partial charge is 0.496 e. The maximum Gasteiger partial charge on any atom is 0.225 e. The molecule has 26 heavy (non-hydrogen) atoms. The van der Waals surface area contributed by atoms with Gasteiger partial charge in [-0.3, -0.25) is 0 Å². The summed E-state index contributed by atoms with van der Waals surface area (Å²) in [6, 6.07) is 18.3. The summed E-state index contributed by atoms with van der Waals surface area (Å²) in [5.74, 6) is 2.27. The van der Waals surface area contributed by atoms with E-state index in [4.69, 9.17) is 4.74 Å². The second kappa shape index (κ2) is 8.34. The lowest BCUT2D eigenvalue weighted by Gasteiger charge is -2.12. The van der Waals surface area contributed by atoms with Gasteiger partial charge in [-0.05, 0) is 25.5 Å². The first-order valence-electron chi connectivity index (χ1n) is 8.65. The van der Waals surface area contributed by atoms with Crippen molar-refractivity contribution in [1.82, 2.24) is 9.97 Å². The van der Waals surface area contributed by atoms with E-state index in [9.17, 15) is 0 Å². The number of aromatic nitrogens is 2. The maximum atomic E-state index is 5.39. The van der Waals surface area contributed by atoms with Gasteiger partial charge < -0.3 is 15.4 Å². The lowest BCUT2D eigenvalue weighted by atomic mass is 10.1. The van der Waals surface area contributed by atoms with E-state index in [1.165, 1.54) is 11.1 Å². The number of rotatable bonds is 7. The number of aryl methyl sites for hydroxylation is 2. The number of benzene rings is 2. The first kappa shape index (κ1) is 17.7. The van der Waals surface area contributed by atoms with Gasteiger partial charge >= 0.3 is 0 Å². The molecule has 0 aliphatic carbocycles. The summed E-state index contributed by atoms with van der Waals surface area (Å²) in [6.07, 6.45) is 0. The van der Waals surface area contributed by atoms with Crippen molar-refractivity contribution in [3.05, 3.63) is 77.0 Å². The van der Waals surface area contributed by atoms with Gasteiger partial charge in [0.2, 0.25) is 5.95 Å². The van der Waals surface area contributed by atoms with Gasteiger partial charge in [0, 0.05) is 30.4 Å². The minimum atomic E-state index is 0.619. The molecule has 0 aliphatic rings. The van der Waals surface area contributed by atoms with Gasteiger partial charge in [0.05, 0.1) is 7.11 Å². The SMILES string of the molecule is COc1ccccc1CNc1cc(C)nc(NCc2cccc(C)c2)n1. The molecule has 1 heterocycles. The smallest absolute Gasteiger partial charge is 0.225 e. The minimum absolute atomic E-state index is 0.619. The normalized spacial score (nSPS) is 10.4. The average Bonchev–Trinajstić information content (AvgIpc) is 2.65. The van der Waals surface area contributed by atoms with Crippen molar-refractivity contribution in [3.8, 4) is 5.75 Å². The van der Waals surface area contributed by atoms with Crippen LogP contribution in [0.4, 0.5) is 11.8 Å². The average molecular weight is 348 g/mol. The molecule has 0 unspecified atom stereocenters. The Morgan fingerprint density at radius 3 is 2.54 bits per heavy atom. The molecule has 134 valence electrons. The van der Waals surface area contributed by atoms with Crippen LogP contribution < -0.4 is 15.4 Å². The lowest BCUT2D eigenvalue weighted by Crippen LogP contribution is -2.08. The van der Waals surface area contributed by atoms with E-state index in [-0.39, 0.29) is 0 Å². The molecule has 0 radical (unpaired) electrons. The fourth-order valence-corrected chi connectivity index (χ4v) is 2.78. The lowest BCUT2D eigenvalue weighted by molar-refractivity contribution is 0.410. The predicted octanol–water partition coefficient (Wildman–Crippen LogP) is 4.33. The van der Waals surface area contributed by atoms with Crippen LogP contribution >= 0.6 is 0 Å². The molecule has 5 heteroatoms. The monoisotopic (exact) mass is 348 g/mol.